The quantitative estimate of drug-likeness (QED) is 0.652. The van der Waals surface area contributed by atoms with Gasteiger partial charge in [-0.25, -0.2) is 4.98 Å². The number of aromatic nitrogens is 1. The number of hydrogen-bond acceptors (Lipinski definition) is 3. The van der Waals surface area contributed by atoms with Crippen LogP contribution in [0.3, 0.4) is 0 Å². The standard InChI is InChI=1S/C8H11NO2/c10-6-3-7-11-8-4-1-2-5-9-8/h1-2,4-5,10H,3,6-7H2. The topological polar surface area (TPSA) is 42.4 Å². The Balaban J connectivity index is 2.28. The van der Waals surface area contributed by atoms with E-state index in [0.717, 1.165) is 0 Å². The van der Waals surface area contributed by atoms with Gasteiger partial charge in [-0.05, 0) is 6.07 Å². The van der Waals surface area contributed by atoms with Crippen molar-refractivity contribution in [3.8, 4) is 5.88 Å². The van der Waals surface area contributed by atoms with Gasteiger partial charge in [-0.2, -0.15) is 0 Å². The van der Waals surface area contributed by atoms with Gasteiger partial charge in [-0.15, -0.1) is 0 Å². The summed E-state index contributed by atoms with van der Waals surface area (Å²) in [5, 5.41) is 8.44. The molecule has 0 aromatic carbocycles. The zero-order valence-corrected chi connectivity index (χ0v) is 6.23. The van der Waals surface area contributed by atoms with E-state index in [1.54, 1.807) is 12.3 Å². The molecule has 0 saturated heterocycles. The molecule has 0 unspecified atom stereocenters. The van der Waals surface area contributed by atoms with E-state index in [0.29, 0.717) is 18.9 Å². The highest BCUT2D eigenvalue weighted by Gasteiger charge is 1.90. The molecule has 0 bridgehead atoms. The molecule has 1 heterocycles. The van der Waals surface area contributed by atoms with Crippen LogP contribution in [0.25, 0.3) is 0 Å². The summed E-state index contributed by atoms with van der Waals surface area (Å²) in [5.74, 6) is 0.612. The number of aliphatic hydroxyl groups is 1. The number of aliphatic hydroxyl groups excluding tert-OH is 1. The first-order chi connectivity index (χ1) is 5.43. The van der Waals surface area contributed by atoms with Crippen LogP contribution in [0.4, 0.5) is 0 Å². The molecule has 0 atom stereocenters. The Morgan fingerprint density at radius 2 is 2.36 bits per heavy atom. The van der Waals surface area contributed by atoms with Gasteiger partial charge in [-0.3, -0.25) is 0 Å². The minimum atomic E-state index is 0.160. The molecule has 0 aliphatic rings. The average Bonchev–Trinajstić information content (AvgIpc) is 2.07. The zero-order chi connectivity index (χ0) is 7.94. The second kappa shape index (κ2) is 4.68. The molecule has 0 aliphatic heterocycles. The molecule has 0 aliphatic carbocycles. The Morgan fingerprint density at radius 3 is 3.00 bits per heavy atom. The molecule has 1 N–H and O–H groups in total. The molecular weight excluding hydrogens is 142 g/mol. The zero-order valence-electron chi connectivity index (χ0n) is 6.23. The van der Waals surface area contributed by atoms with Gasteiger partial charge < -0.3 is 9.84 Å². The lowest BCUT2D eigenvalue weighted by atomic mass is 10.5. The van der Waals surface area contributed by atoms with E-state index < -0.39 is 0 Å². The van der Waals surface area contributed by atoms with Crippen molar-refractivity contribution < 1.29 is 9.84 Å². The van der Waals surface area contributed by atoms with Gasteiger partial charge in [-0.1, -0.05) is 6.07 Å². The molecule has 1 aromatic heterocycles. The Bertz CT molecular complexity index is 189. The van der Waals surface area contributed by atoms with Crippen molar-refractivity contribution in [2.24, 2.45) is 0 Å². The summed E-state index contributed by atoms with van der Waals surface area (Å²) in [6.45, 7) is 0.681. The molecule has 0 spiro atoms. The van der Waals surface area contributed by atoms with Crippen LogP contribution in [-0.4, -0.2) is 23.3 Å². The monoisotopic (exact) mass is 153 g/mol. The normalized spacial score (nSPS) is 9.55. The van der Waals surface area contributed by atoms with Crippen molar-refractivity contribution in [3.05, 3.63) is 24.4 Å². The molecule has 0 fully saturated rings. The van der Waals surface area contributed by atoms with E-state index in [4.69, 9.17) is 9.84 Å². The summed E-state index contributed by atoms with van der Waals surface area (Å²) in [6.07, 6.45) is 2.32. The molecule has 0 radical (unpaired) electrons. The van der Waals surface area contributed by atoms with Crippen LogP contribution in [0.2, 0.25) is 0 Å². The van der Waals surface area contributed by atoms with Gasteiger partial charge >= 0.3 is 0 Å². The minimum absolute atomic E-state index is 0.160. The van der Waals surface area contributed by atoms with Gasteiger partial charge in [0, 0.05) is 25.3 Å². The third-order valence-corrected chi connectivity index (χ3v) is 1.19. The SMILES string of the molecule is OCCCOc1ccccn1. The fourth-order valence-corrected chi connectivity index (χ4v) is 0.674. The predicted octanol–water partition coefficient (Wildman–Crippen LogP) is 0.843. The first kappa shape index (κ1) is 8.01. The molecule has 0 saturated carbocycles. The maximum atomic E-state index is 8.44. The van der Waals surface area contributed by atoms with Gasteiger partial charge in [0.1, 0.15) is 0 Å². The van der Waals surface area contributed by atoms with Crippen molar-refractivity contribution in [1.82, 2.24) is 4.98 Å². The molecule has 3 nitrogen and oxygen atoms in total. The van der Waals surface area contributed by atoms with Crippen LogP contribution in [0, 0.1) is 0 Å². The third-order valence-electron chi connectivity index (χ3n) is 1.19. The summed E-state index contributed by atoms with van der Waals surface area (Å²) < 4.78 is 5.18. The van der Waals surface area contributed by atoms with Crippen LogP contribution < -0.4 is 4.74 Å². The van der Waals surface area contributed by atoms with Crippen LogP contribution in [0.1, 0.15) is 6.42 Å². The van der Waals surface area contributed by atoms with Gasteiger partial charge in [0.05, 0.1) is 6.61 Å². The summed E-state index contributed by atoms with van der Waals surface area (Å²) in [4.78, 5) is 3.95. The Kier molecular flexibility index (Phi) is 3.41. The number of nitrogens with zero attached hydrogens (tertiary/aromatic N) is 1. The molecule has 0 amide bonds. The number of ether oxygens (including phenoxy) is 1. The van der Waals surface area contributed by atoms with Crippen molar-refractivity contribution >= 4 is 0 Å². The number of rotatable bonds is 4. The molecule has 11 heavy (non-hydrogen) atoms. The smallest absolute Gasteiger partial charge is 0.213 e. The average molecular weight is 153 g/mol. The Morgan fingerprint density at radius 1 is 1.45 bits per heavy atom. The van der Waals surface area contributed by atoms with Crippen LogP contribution in [0.15, 0.2) is 24.4 Å². The van der Waals surface area contributed by atoms with E-state index in [-0.39, 0.29) is 6.61 Å². The summed E-state index contributed by atoms with van der Waals surface area (Å²) in [5.41, 5.74) is 0. The molecule has 1 aromatic rings. The molecule has 3 heteroatoms. The van der Waals surface area contributed by atoms with Crippen LogP contribution in [0.5, 0.6) is 5.88 Å². The van der Waals surface area contributed by atoms with E-state index in [1.165, 1.54) is 0 Å². The maximum absolute atomic E-state index is 8.44. The van der Waals surface area contributed by atoms with Gasteiger partial charge in [0.2, 0.25) is 5.88 Å². The van der Waals surface area contributed by atoms with Crippen molar-refractivity contribution in [2.75, 3.05) is 13.2 Å². The highest BCUT2D eigenvalue weighted by atomic mass is 16.5. The van der Waals surface area contributed by atoms with E-state index >= 15 is 0 Å². The summed E-state index contributed by atoms with van der Waals surface area (Å²) in [7, 11) is 0. The fourth-order valence-electron chi connectivity index (χ4n) is 0.674. The first-order valence-corrected chi connectivity index (χ1v) is 3.58. The first-order valence-electron chi connectivity index (χ1n) is 3.58. The second-order valence-electron chi connectivity index (χ2n) is 2.09. The van der Waals surface area contributed by atoms with E-state index in [1.807, 2.05) is 12.1 Å². The highest BCUT2D eigenvalue weighted by Crippen LogP contribution is 2.02. The van der Waals surface area contributed by atoms with Crippen LogP contribution >= 0.6 is 0 Å². The van der Waals surface area contributed by atoms with Gasteiger partial charge in [0.25, 0.3) is 0 Å². The third kappa shape index (κ3) is 3.00. The Hall–Kier alpha value is -1.09. The largest absolute Gasteiger partial charge is 0.478 e. The fraction of sp³-hybridized carbons (Fsp3) is 0.375. The van der Waals surface area contributed by atoms with Gasteiger partial charge in [0.15, 0.2) is 0 Å². The lowest BCUT2D eigenvalue weighted by Crippen LogP contribution is -2.00. The number of hydrogen-bond donors (Lipinski definition) is 1. The van der Waals surface area contributed by atoms with Crippen molar-refractivity contribution in [3.63, 3.8) is 0 Å². The molecular formula is C8H11NO2. The Labute approximate surface area is 65.7 Å². The van der Waals surface area contributed by atoms with E-state index in [2.05, 4.69) is 4.98 Å². The van der Waals surface area contributed by atoms with E-state index in [9.17, 15) is 0 Å². The van der Waals surface area contributed by atoms with Crippen molar-refractivity contribution in [1.29, 1.82) is 0 Å². The lowest BCUT2D eigenvalue weighted by molar-refractivity contribution is 0.229. The summed E-state index contributed by atoms with van der Waals surface area (Å²) in [6, 6.07) is 5.48. The number of pyridine rings is 1. The summed E-state index contributed by atoms with van der Waals surface area (Å²) >= 11 is 0. The highest BCUT2D eigenvalue weighted by molar-refractivity contribution is 5.08. The van der Waals surface area contributed by atoms with Crippen molar-refractivity contribution in [2.45, 2.75) is 6.42 Å². The maximum Gasteiger partial charge on any atom is 0.213 e. The molecule has 60 valence electrons. The lowest BCUT2D eigenvalue weighted by Gasteiger charge is -2.01. The predicted molar refractivity (Wildman–Crippen MR) is 41.4 cm³/mol. The van der Waals surface area contributed by atoms with Crippen LogP contribution in [-0.2, 0) is 0 Å². The molecule has 1 rings (SSSR count). The second-order valence-corrected chi connectivity index (χ2v) is 2.09. The minimum Gasteiger partial charge on any atom is -0.478 e.